The summed E-state index contributed by atoms with van der Waals surface area (Å²) < 4.78 is 18.2. The SMILES string of the molecule is COC(=O)c1ccc(CN(C)CCCCCO)cc1F. The van der Waals surface area contributed by atoms with Crippen molar-refractivity contribution in [2.45, 2.75) is 25.8 Å². The molecule has 0 aliphatic carbocycles. The first-order valence-corrected chi connectivity index (χ1v) is 6.74. The van der Waals surface area contributed by atoms with E-state index in [1.807, 2.05) is 7.05 Å². The van der Waals surface area contributed by atoms with E-state index < -0.39 is 11.8 Å². The molecule has 0 amide bonds. The van der Waals surface area contributed by atoms with Crippen molar-refractivity contribution in [2.75, 3.05) is 27.3 Å². The molecule has 0 aliphatic heterocycles. The Kier molecular flexibility index (Phi) is 7.18. The van der Waals surface area contributed by atoms with Crippen molar-refractivity contribution in [3.63, 3.8) is 0 Å². The van der Waals surface area contributed by atoms with Gasteiger partial charge in [-0.25, -0.2) is 9.18 Å². The van der Waals surface area contributed by atoms with Crippen molar-refractivity contribution in [1.29, 1.82) is 0 Å². The molecule has 4 nitrogen and oxygen atoms in total. The number of halogens is 1. The van der Waals surface area contributed by atoms with Gasteiger partial charge in [0.25, 0.3) is 0 Å². The van der Waals surface area contributed by atoms with Crippen LogP contribution in [0.4, 0.5) is 4.39 Å². The van der Waals surface area contributed by atoms with E-state index in [2.05, 4.69) is 9.64 Å². The molecule has 0 aromatic heterocycles. The summed E-state index contributed by atoms with van der Waals surface area (Å²) >= 11 is 0. The average molecular weight is 283 g/mol. The average Bonchev–Trinajstić information content (AvgIpc) is 2.43. The quantitative estimate of drug-likeness (QED) is 0.587. The Labute approximate surface area is 119 Å². The highest BCUT2D eigenvalue weighted by molar-refractivity contribution is 5.89. The standard InChI is InChI=1S/C15H22FNO3/c1-17(8-4-3-5-9-18)11-12-6-7-13(14(16)10-12)15(19)20-2/h6-7,10,18H,3-5,8-9,11H2,1-2H3. The largest absolute Gasteiger partial charge is 0.465 e. The molecule has 0 heterocycles. The third-order valence-corrected chi connectivity index (χ3v) is 3.09. The van der Waals surface area contributed by atoms with E-state index in [1.54, 1.807) is 6.07 Å². The maximum absolute atomic E-state index is 13.7. The van der Waals surface area contributed by atoms with Crippen molar-refractivity contribution in [2.24, 2.45) is 0 Å². The van der Waals surface area contributed by atoms with Gasteiger partial charge in [-0.1, -0.05) is 6.07 Å². The number of esters is 1. The lowest BCUT2D eigenvalue weighted by Crippen LogP contribution is -2.19. The van der Waals surface area contributed by atoms with Gasteiger partial charge in [-0.3, -0.25) is 0 Å². The number of hydrogen-bond donors (Lipinski definition) is 1. The lowest BCUT2D eigenvalue weighted by Gasteiger charge is -2.16. The number of nitrogens with zero attached hydrogens (tertiary/aromatic N) is 1. The van der Waals surface area contributed by atoms with E-state index in [-0.39, 0.29) is 12.2 Å². The number of hydrogen-bond acceptors (Lipinski definition) is 4. The van der Waals surface area contributed by atoms with Crippen molar-refractivity contribution < 1.29 is 19.0 Å². The highest BCUT2D eigenvalue weighted by Crippen LogP contribution is 2.13. The van der Waals surface area contributed by atoms with Gasteiger partial charge in [0.1, 0.15) is 5.82 Å². The first kappa shape index (κ1) is 16.6. The molecule has 112 valence electrons. The van der Waals surface area contributed by atoms with E-state index >= 15 is 0 Å². The molecule has 0 saturated heterocycles. The molecule has 1 N–H and O–H groups in total. The van der Waals surface area contributed by atoms with Crippen LogP contribution in [0.2, 0.25) is 0 Å². The Morgan fingerprint density at radius 2 is 2.10 bits per heavy atom. The number of ether oxygens (including phenoxy) is 1. The van der Waals surface area contributed by atoms with Gasteiger partial charge in [-0.2, -0.15) is 0 Å². The fraction of sp³-hybridized carbons (Fsp3) is 0.533. The number of methoxy groups -OCH3 is 1. The van der Waals surface area contributed by atoms with Crippen LogP contribution >= 0.6 is 0 Å². The molecule has 0 aliphatic rings. The van der Waals surface area contributed by atoms with Crippen LogP contribution in [0.1, 0.15) is 35.2 Å². The van der Waals surface area contributed by atoms with Gasteiger partial charge in [0.2, 0.25) is 0 Å². The van der Waals surface area contributed by atoms with Crippen LogP contribution in [-0.2, 0) is 11.3 Å². The predicted molar refractivity (Wildman–Crippen MR) is 75.0 cm³/mol. The Bertz CT molecular complexity index is 437. The maximum Gasteiger partial charge on any atom is 0.340 e. The number of carbonyl (C=O) groups excluding carboxylic acids is 1. The lowest BCUT2D eigenvalue weighted by atomic mass is 10.1. The van der Waals surface area contributed by atoms with Gasteiger partial charge in [0.15, 0.2) is 0 Å². The third-order valence-electron chi connectivity index (χ3n) is 3.09. The topological polar surface area (TPSA) is 49.8 Å². The Balaban J connectivity index is 2.52. The zero-order valence-corrected chi connectivity index (χ0v) is 12.1. The van der Waals surface area contributed by atoms with Crippen LogP contribution in [0.25, 0.3) is 0 Å². The second-order valence-corrected chi connectivity index (χ2v) is 4.83. The van der Waals surface area contributed by atoms with E-state index in [0.717, 1.165) is 31.4 Å². The zero-order chi connectivity index (χ0) is 15.0. The summed E-state index contributed by atoms with van der Waals surface area (Å²) in [5, 5.41) is 8.70. The zero-order valence-electron chi connectivity index (χ0n) is 12.1. The number of carbonyl (C=O) groups is 1. The smallest absolute Gasteiger partial charge is 0.340 e. The van der Waals surface area contributed by atoms with Gasteiger partial charge >= 0.3 is 5.97 Å². The summed E-state index contributed by atoms with van der Waals surface area (Å²) in [5.74, 6) is -1.21. The molecule has 1 rings (SSSR count). The van der Waals surface area contributed by atoms with Crippen LogP contribution in [0.5, 0.6) is 0 Å². The van der Waals surface area contributed by atoms with Gasteiger partial charge < -0.3 is 14.7 Å². The second kappa shape index (κ2) is 8.66. The summed E-state index contributed by atoms with van der Waals surface area (Å²) in [6.45, 7) is 1.74. The van der Waals surface area contributed by atoms with Crippen LogP contribution in [-0.4, -0.2) is 43.3 Å². The lowest BCUT2D eigenvalue weighted by molar-refractivity contribution is 0.0595. The molecule has 0 bridgehead atoms. The van der Waals surface area contributed by atoms with Crippen LogP contribution in [0, 0.1) is 5.82 Å². The number of benzene rings is 1. The summed E-state index contributed by atoms with van der Waals surface area (Å²) in [6.07, 6.45) is 2.80. The monoisotopic (exact) mass is 283 g/mol. The van der Waals surface area contributed by atoms with Crippen molar-refractivity contribution in [3.8, 4) is 0 Å². The summed E-state index contributed by atoms with van der Waals surface area (Å²) in [4.78, 5) is 13.4. The third kappa shape index (κ3) is 5.27. The van der Waals surface area contributed by atoms with Crippen molar-refractivity contribution in [3.05, 3.63) is 35.1 Å². The first-order chi connectivity index (χ1) is 9.58. The van der Waals surface area contributed by atoms with E-state index in [4.69, 9.17) is 5.11 Å². The Morgan fingerprint density at radius 3 is 2.70 bits per heavy atom. The molecular weight excluding hydrogens is 261 g/mol. The molecule has 20 heavy (non-hydrogen) atoms. The van der Waals surface area contributed by atoms with Crippen LogP contribution in [0.15, 0.2) is 18.2 Å². The molecule has 1 aromatic rings. The molecule has 0 atom stereocenters. The highest BCUT2D eigenvalue weighted by atomic mass is 19.1. The molecule has 0 fully saturated rings. The Hall–Kier alpha value is -1.46. The molecule has 5 heteroatoms. The summed E-state index contributed by atoms with van der Waals surface area (Å²) in [5.41, 5.74) is 0.779. The van der Waals surface area contributed by atoms with E-state index in [0.29, 0.717) is 6.54 Å². The highest BCUT2D eigenvalue weighted by Gasteiger charge is 2.12. The van der Waals surface area contributed by atoms with Crippen LogP contribution < -0.4 is 0 Å². The van der Waals surface area contributed by atoms with Crippen molar-refractivity contribution >= 4 is 5.97 Å². The van der Waals surface area contributed by atoms with Gasteiger partial charge in [-0.05, 0) is 50.6 Å². The van der Waals surface area contributed by atoms with Gasteiger partial charge in [-0.15, -0.1) is 0 Å². The fourth-order valence-electron chi connectivity index (χ4n) is 1.99. The van der Waals surface area contributed by atoms with Crippen molar-refractivity contribution in [1.82, 2.24) is 4.90 Å². The van der Waals surface area contributed by atoms with E-state index in [1.165, 1.54) is 19.2 Å². The molecular formula is C15H22FNO3. The minimum absolute atomic E-state index is 0.0400. The molecule has 0 unspecified atom stereocenters. The number of aliphatic hydroxyl groups is 1. The molecule has 0 saturated carbocycles. The number of rotatable bonds is 8. The normalized spacial score (nSPS) is 10.8. The predicted octanol–water partition coefficient (Wildman–Crippen LogP) is 2.21. The van der Waals surface area contributed by atoms with Crippen LogP contribution in [0.3, 0.4) is 0 Å². The molecule has 0 radical (unpaired) electrons. The number of unbranched alkanes of at least 4 members (excludes halogenated alkanes) is 2. The minimum atomic E-state index is -0.661. The first-order valence-electron chi connectivity index (χ1n) is 6.74. The minimum Gasteiger partial charge on any atom is -0.465 e. The second-order valence-electron chi connectivity index (χ2n) is 4.83. The summed E-state index contributed by atoms with van der Waals surface area (Å²) in [7, 11) is 3.20. The molecule has 1 aromatic carbocycles. The fourth-order valence-corrected chi connectivity index (χ4v) is 1.99. The number of aliphatic hydroxyl groups excluding tert-OH is 1. The van der Waals surface area contributed by atoms with Gasteiger partial charge in [0.05, 0.1) is 12.7 Å². The Morgan fingerprint density at radius 1 is 1.35 bits per heavy atom. The summed E-state index contributed by atoms with van der Waals surface area (Å²) in [6, 6.07) is 4.56. The molecule has 0 spiro atoms. The maximum atomic E-state index is 13.7. The van der Waals surface area contributed by atoms with E-state index in [9.17, 15) is 9.18 Å². The van der Waals surface area contributed by atoms with Gasteiger partial charge in [0, 0.05) is 13.2 Å².